The van der Waals surface area contributed by atoms with E-state index in [1.807, 2.05) is 14.1 Å². The largest absolute Gasteiger partial charge is 0.334 e. The summed E-state index contributed by atoms with van der Waals surface area (Å²) in [5, 5.41) is 6.07. The molecule has 112 valence electrons. The molecule has 4 heteroatoms. The summed E-state index contributed by atoms with van der Waals surface area (Å²) in [7, 11) is 3.79. The summed E-state index contributed by atoms with van der Waals surface area (Å²) in [5.41, 5.74) is 3.68. The number of carbonyl (C=O) groups is 1. The summed E-state index contributed by atoms with van der Waals surface area (Å²) in [4.78, 5) is 13.7. The highest BCUT2D eigenvalue weighted by atomic mass is 16.2. The van der Waals surface area contributed by atoms with E-state index in [1.165, 1.54) is 11.1 Å². The van der Waals surface area contributed by atoms with E-state index in [0.717, 1.165) is 31.5 Å². The number of amides is 2. The van der Waals surface area contributed by atoms with Gasteiger partial charge in [0.05, 0.1) is 0 Å². The third kappa shape index (κ3) is 5.61. The first-order valence-corrected chi connectivity index (χ1v) is 7.24. The average molecular weight is 277 g/mol. The molecule has 0 heterocycles. The van der Waals surface area contributed by atoms with E-state index in [1.54, 1.807) is 4.90 Å². The van der Waals surface area contributed by atoms with Gasteiger partial charge < -0.3 is 15.5 Å². The highest BCUT2D eigenvalue weighted by molar-refractivity contribution is 5.73. The molecule has 0 aliphatic rings. The lowest BCUT2D eigenvalue weighted by atomic mass is 10.1. The summed E-state index contributed by atoms with van der Waals surface area (Å²) in [6.45, 7) is 6.56. The quantitative estimate of drug-likeness (QED) is 0.752. The van der Waals surface area contributed by atoms with Gasteiger partial charge in [0.25, 0.3) is 0 Å². The molecule has 0 aliphatic heterocycles. The molecule has 2 N–H and O–H groups in total. The van der Waals surface area contributed by atoms with Crippen molar-refractivity contribution in [2.45, 2.75) is 33.2 Å². The van der Waals surface area contributed by atoms with Gasteiger partial charge in [0, 0.05) is 20.1 Å². The van der Waals surface area contributed by atoms with E-state index in [9.17, 15) is 4.79 Å². The first-order valence-electron chi connectivity index (χ1n) is 7.24. The molecule has 1 rings (SSSR count). The van der Waals surface area contributed by atoms with Gasteiger partial charge in [-0.1, -0.05) is 18.2 Å². The van der Waals surface area contributed by atoms with E-state index in [2.05, 4.69) is 42.7 Å². The fourth-order valence-electron chi connectivity index (χ4n) is 1.98. The second kappa shape index (κ2) is 8.59. The van der Waals surface area contributed by atoms with Crippen molar-refractivity contribution in [3.8, 4) is 0 Å². The predicted molar refractivity (Wildman–Crippen MR) is 83.9 cm³/mol. The molecule has 0 fully saturated rings. The smallest absolute Gasteiger partial charge is 0.317 e. The van der Waals surface area contributed by atoms with Crippen molar-refractivity contribution in [3.05, 3.63) is 34.9 Å². The maximum Gasteiger partial charge on any atom is 0.317 e. The number of benzene rings is 1. The van der Waals surface area contributed by atoms with Crippen LogP contribution in [0, 0.1) is 13.8 Å². The Morgan fingerprint density at radius 3 is 2.60 bits per heavy atom. The van der Waals surface area contributed by atoms with Gasteiger partial charge in [-0.3, -0.25) is 0 Å². The molecule has 1 aromatic carbocycles. The van der Waals surface area contributed by atoms with Crippen LogP contribution in [-0.2, 0) is 6.54 Å². The minimum atomic E-state index is -0.00677. The molecule has 0 atom stereocenters. The zero-order chi connectivity index (χ0) is 15.0. The lowest BCUT2D eigenvalue weighted by Gasteiger charge is -2.18. The highest BCUT2D eigenvalue weighted by Crippen LogP contribution is 2.09. The Balaban J connectivity index is 2.32. The van der Waals surface area contributed by atoms with Gasteiger partial charge in [0.2, 0.25) is 0 Å². The molecule has 0 aliphatic carbocycles. The van der Waals surface area contributed by atoms with Gasteiger partial charge in [-0.05, 0) is 57.0 Å². The lowest BCUT2D eigenvalue weighted by molar-refractivity contribution is 0.207. The fraction of sp³-hybridized carbons (Fsp3) is 0.562. The Hall–Kier alpha value is -1.55. The number of nitrogens with zero attached hydrogens (tertiary/aromatic N) is 1. The van der Waals surface area contributed by atoms with Gasteiger partial charge in [-0.2, -0.15) is 0 Å². The van der Waals surface area contributed by atoms with Crippen LogP contribution in [0.25, 0.3) is 0 Å². The molecule has 20 heavy (non-hydrogen) atoms. The van der Waals surface area contributed by atoms with E-state index in [0.29, 0.717) is 6.54 Å². The zero-order valence-corrected chi connectivity index (χ0v) is 13.1. The molecule has 0 aromatic heterocycles. The van der Waals surface area contributed by atoms with Crippen molar-refractivity contribution in [1.82, 2.24) is 15.5 Å². The minimum absolute atomic E-state index is 0.00677. The highest BCUT2D eigenvalue weighted by Gasteiger charge is 2.07. The Labute approximate surface area is 122 Å². The van der Waals surface area contributed by atoms with Crippen LogP contribution in [0.15, 0.2) is 18.2 Å². The molecule has 2 amide bonds. The van der Waals surface area contributed by atoms with Crippen molar-refractivity contribution < 1.29 is 4.79 Å². The molecule has 0 saturated heterocycles. The van der Waals surface area contributed by atoms with Crippen molar-refractivity contribution in [2.75, 3.05) is 27.2 Å². The van der Waals surface area contributed by atoms with E-state index in [-0.39, 0.29) is 6.03 Å². The van der Waals surface area contributed by atoms with Crippen LogP contribution in [0.3, 0.4) is 0 Å². The first kappa shape index (κ1) is 16.5. The van der Waals surface area contributed by atoms with E-state index in [4.69, 9.17) is 0 Å². The predicted octanol–water partition coefficient (Wildman–Crippen LogP) is 2.44. The number of unbranched alkanes of at least 4 members (excludes halogenated alkanes) is 1. The standard InChI is InChI=1S/C16H27N3O/c1-13-7-8-15(11-14(13)2)12-18-16(20)19(4)10-6-5-9-17-3/h7-8,11,17H,5-6,9-10,12H2,1-4H3,(H,18,20). The van der Waals surface area contributed by atoms with Crippen LogP contribution in [-0.4, -0.2) is 38.1 Å². The topological polar surface area (TPSA) is 44.4 Å². The molecule has 0 spiro atoms. The summed E-state index contributed by atoms with van der Waals surface area (Å²) < 4.78 is 0. The minimum Gasteiger partial charge on any atom is -0.334 e. The van der Waals surface area contributed by atoms with Crippen molar-refractivity contribution in [2.24, 2.45) is 0 Å². The Kier molecular flexibility index (Phi) is 7.09. The first-order chi connectivity index (χ1) is 9.54. The number of urea groups is 1. The van der Waals surface area contributed by atoms with Gasteiger partial charge in [-0.15, -0.1) is 0 Å². The molecule has 0 radical (unpaired) electrons. The van der Waals surface area contributed by atoms with Crippen LogP contribution < -0.4 is 10.6 Å². The molecule has 0 saturated carbocycles. The summed E-state index contributed by atoms with van der Waals surface area (Å²) in [6.07, 6.45) is 2.11. The SMILES string of the molecule is CNCCCCN(C)C(=O)NCc1ccc(C)c(C)c1. The Bertz CT molecular complexity index is 432. The molecule has 0 bridgehead atoms. The van der Waals surface area contributed by atoms with Crippen LogP contribution >= 0.6 is 0 Å². The van der Waals surface area contributed by atoms with Gasteiger partial charge in [0.1, 0.15) is 0 Å². The number of nitrogens with one attached hydrogen (secondary N) is 2. The average Bonchev–Trinajstić information content (AvgIpc) is 2.44. The van der Waals surface area contributed by atoms with Crippen LogP contribution in [0.4, 0.5) is 4.79 Å². The summed E-state index contributed by atoms with van der Waals surface area (Å²) in [5.74, 6) is 0. The molecule has 1 aromatic rings. The molecular formula is C16H27N3O. The summed E-state index contributed by atoms with van der Waals surface area (Å²) in [6, 6.07) is 6.28. The molecular weight excluding hydrogens is 250 g/mol. The van der Waals surface area contributed by atoms with Gasteiger partial charge in [0.15, 0.2) is 0 Å². The lowest BCUT2D eigenvalue weighted by Crippen LogP contribution is -2.37. The van der Waals surface area contributed by atoms with Crippen molar-refractivity contribution >= 4 is 6.03 Å². The monoisotopic (exact) mass is 277 g/mol. The number of hydrogen-bond donors (Lipinski definition) is 2. The van der Waals surface area contributed by atoms with Crippen molar-refractivity contribution in [1.29, 1.82) is 0 Å². The maximum atomic E-state index is 11.9. The third-order valence-electron chi connectivity index (χ3n) is 3.53. The van der Waals surface area contributed by atoms with E-state index < -0.39 is 0 Å². The van der Waals surface area contributed by atoms with E-state index >= 15 is 0 Å². The normalized spacial score (nSPS) is 10.4. The fourth-order valence-corrected chi connectivity index (χ4v) is 1.98. The van der Waals surface area contributed by atoms with Crippen LogP contribution in [0.2, 0.25) is 0 Å². The maximum absolute atomic E-state index is 11.9. The Morgan fingerprint density at radius 1 is 1.20 bits per heavy atom. The number of rotatable bonds is 7. The summed E-state index contributed by atoms with van der Waals surface area (Å²) >= 11 is 0. The van der Waals surface area contributed by atoms with Crippen LogP contribution in [0.5, 0.6) is 0 Å². The number of aryl methyl sites for hydroxylation is 2. The van der Waals surface area contributed by atoms with Crippen LogP contribution in [0.1, 0.15) is 29.5 Å². The van der Waals surface area contributed by atoms with Crippen molar-refractivity contribution in [3.63, 3.8) is 0 Å². The second-order valence-electron chi connectivity index (χ2n) is 5.31. The third-order valence-corrected chi connectivity index (χ3v) is 3.53. The number of carbonyl (C=O) groups excluding carboxylic acids is 1. The van der Waals surface area contributed by atoms with Gasteiger partial charge >= 0.3 is 6.03 Å². The second-order valence-corrected chi connectivity index (χ2v) is 5.31. The Morgan fingerprint density at radius 2 is 1.95 bits per heavy atom. The number of hydrogen-bond acceptors (Lipinski definition) is 2. The molecule has 4 nitrogen and oxygen atoms in total. The zero-order valence-electron chi connectivity index (χ0n) is 13.1. The van der Waals surface area contributed by atoms with Gasteiger partial charge in [-0.25, -0.2) is 4.79 Å². The molecule has 0 unspecified atom stereocenters.